The summed E-state index contributed by atoms with van der Waals surface area (Å²) < 4.78 is 4.38. The standard InChI is InChI=1S/C11H19N5S/c1-7(2)10-14-11(17-15-10)16(8-3-4-8)6-5-9(12)13/h7-8H,3-6H2,1-2H3,(H3,12,13). The molecular formula is C11H19N5S. The van der Waals surface area contributed by atoms with Gasteiger partial charge in [-0.25, -0.2) is 4.98 Å². The van der Waals surface area contributed by atoms with E-state index in [1.807, 2.05) is 0 Å². The van der Waals surface area contributed by atoms with Crippen molar-refractivity contribution in [1.82, 2.24) is 9.36 Å². The van der Waals surface area contributed by atoms with Crippen LogP contribution in [0.4, 0.5) is 5.13 Å². The van der Waals surface area contributed by atoms with Crippen LogP contribution >= 0.6 is 11.5 Å². The number of nitrogens with two attached hydrogens (primary N) is 1. The summed E-state index contributed by atoms with van der Waals surface area (Å²) >= 11 is 1.46. The third kappa shape index (κ3) is 3.15. The normalized spacial score (nSPS) is 15.2. The first-order chi connectivity index (χ1) is 8.08. The van der Waals surface area contributed by atoms with Crippen LogP contribution in [-0.4, -0.2) is 27.8 Å². The van der Waals surface area contributed by atoms with Gasteiger partial charge >= 0.3 is 0 Å². The van der Waals surface area contributed by atoms with E-state index in [-0.39, 0.29) is 5.84 Å². The van der Waals surface area contributed by atoms with Crippen molar-refractivity contribution < 1.29 is 0 Å². The minimum absolute atomic E-state index is 0.240. The smallest absolute Gasteiger partial charge is 0.205 e. The monoisotopic (exact) mass is 253 g/mol. The summed E-state index contributed by atoms with van der Waals surface area (Å²) in [5.74, 6) is 1.52. The molecule has 0 saturated heterocycles. The molecule has 0 spiro atoms. The summed E-state index contributed by atoms with van der Waals surface area (Å²) in [7, 11) is 0. The highest BCUT2D eigenvalue weighted by molar-refractivity contribution is 7.09. The Bertz CT molecular complexity index is 396. The number of nitrogens with one attached hydrogen (secondary N) is 1. The Morgan fingerprint density at radius 3 is 2.76 bits per heavy atom. The minimum Gasteiger partial charge on any atom is -0.388 e. The van der Waals surface area contributed by atoms with Crippen molar-refractivity contribution in [1.29, 1.82) is 5.41 Å². The maximum absolute atomic E-state index is 7.30. The van der Waals surface area contributed by atoms with E-state index in [0.717, 1.165) is 17.5 Å². The molecule has 0 radical (unpaired) electrons. The van der Waals surface area contributed by atoms with E-state index in [1.54, 1.807) is 0 Å². The Labute approximate surface area is 106 Å². The van der Waals surface area contributed by atoms with Crippen LogP contribution in [0.3, 0.4) is 0 Å². The van der Waals surface area contributed by atoms with Crippen LogP contribution in [0.25, 0.3) is 0 Å². The van der Waals surface area contributed by atoms with Gasteiger partial charge in [0.25, 0.3) is 0 Å². The second kappa shape index (κ2) is 5.00. The van der Waals surface area contributed by atoms with Gasteiger partial charge in [0, 0.05) is 36.5 Å². The largest absolute Gasteiger partial charge is 0.388 e. The van der Waals surface area contributed by atoms with Crippen molar-refractivity contribution >= 4 is 22.5 Å². The van der Waals surface area contributed by atoms with Crippen LogP contribution in [0.2, 0.25) is 0 Å². The van der Waals surface area contributed by atoms with Gasteiger partial charge in [0.15, 0.2) is 0 Å². The molecule has 17 heavy (non-hydrogen) atoms. The average molecular weight is 253 g/mol. The number of hydrogen-bond donors (Lipinski definition) is 2. The van der Waals surface area contributed by atoms with Crippen LogP contribution < -0.4 is 10.6 Å². The van der Waals surface area contributed by atoms with Gasteiger partial charge in [-0.3, -0.25) is 5.41 Å². The lowest BCUT2D eigenvalue weighted by Gasteiger charge is -2.20. The first-order valence-electron chi connectivity index (χ1n) is 6.01. The van der Waals surface area contributed by atoms with Gasteiger partial charge in [-0.15, -0.1) is 0 Å². The second-order valence-electron chi connectivity index (χ2n) is 4.79. The fourth-order valence-electron chi connectivity index (χ4n) is 1.64. The van der Waals surface area contributed by atoms with Crippen molar-refractivity contribution in [3.63, 3.8) is 0 Å². The predicted octanol–water partition coefficient (Wildman–Crippen LogP) is 1.96. The number of aromatic nitrogens is 2. The molecule has 0 unspecified atom stereocenters. The molecule has 5 nitrogen and oxygen atoms in total. The number of nitrogens with zero attached hydrogens (tertiary/aromatic N) is 3. The van der Waals surface area contributed by atoms with E-state index in [4.69, 9.17) is 11.1 Å². The highest BCUT2D eigenvalue weighted by Gasteiger charge is 2.31. The number of amidine groups is 1. The fraction of sp³-hybridized carbons (Fsp3) is 0.727. The van der Waals surface area contributed by atoms with Crippen LogP contribution in [0, 0.1) is 5.41 Å². The van der Waals surface area contributed by atoms with Gasteiger partial charge in [-0.1, -0.05) is 13.8 Å². The van der Waals surface area contributed by atoms with E-state index in [2.05, 4.69) is 28.1 Å². The van der Waals surface area contributed by atoms with Gasteiger partial charge < -0.3 is 10.6 Å². The summed E-state index contributed by atoms with van der Waals surface area (Å²) in [4.78, 5) is 6.83. The number of rotatable bonds is 6. The SMILES string of the molecule is CC(C)c1nsc(N(CCC(=N)N)C2CC2)n1. The summed E-state index contributed by atoms with van der Waals surface area (Å²) in [5, 5.41) is 8.29. The molecule has 3 N–H and O–H groups in total. The molecule has 0 amide bonds. The molecule has 0 atom stereocenters. The molecule has 0 bridgehead atoms. The quantitative estimate of drug-likeness (QED) is 0.600. The minimum atomic E-state index is 0.240. The van der Waals surface area contributed by atoms with E-state index >= 15 is 0 Å². The molecule has 0 aromatic carbocycles. The van der Waals surface area contributed by atoms with Crippen molar-refractivity contribution in [3.8, 4) is 0 Å². The van der Waals surface area contributed by atoms with Crippen molar-refractivity contribution in [2.45, 2.75) is 45.1 Å². The van der Waals surface area contributed by atoms with E-state index in [0.29, 0.717) is 18.4 Å². The molecular weight excluding hydrogens is 234 g/mol. The third-order valence-electron chi connectivity index (χ3n) is 2.80. The molecule has 1 aliphatic carbocycles. The Morgan fingerprint density at radius 2 is 2.29 bits per heavy atom. The summed E-state index contributed by atoms with van der Waals surface area (Å²) in [5.41, 5.74) is 5.42. The zero-order valence-corrected chi connectivity index (χ0v) is 11.1. The van der Waals surface area contributed by atoms with Crippen molar-refractivity contribution in [2.24, 2.45) is 5.73 Å². The maximum Gasteiger partial charge on any atom is 0.205 e. The Morgan fingerprint density at radius 1 is 1.59 bits per heavy atom. The van der Waals surface area contributed by atoms with Crippen molar-refractivity contribution in [3.05, 3.63) is 5.82 Å². The zero-order chi connectivity index (χ0) is 12.4. The summed E-state index contributed by atoms with van der Waals surface area (Å²) in [6.45, 7) is 4.98. The zero-order valence-electron chi connectivity index (χ0n) is 10.3. The van der Waals surface area contributed by atoms with E-state index in [9.17, 15) is 0 Å². The van der Waals surface area contributed by atoms with Gasteiger partial charge in [-0.05, 0) is 12.8 Å². The lowest BCUT2D eigenvalue weighted by molar-refractivity contribution is 0.766. The van der Waals surface area contributed by atoms with Gasteiger partial charge in [0.2, 0.25) is 5.13 Å². The second-order valence-corrected chi connectivity index (χ2v) is 5.52. The molecule has 94 valence electrons. The van der Waals surface area contributed by atoms with E-state index < -0.39 is 0 Å². The van der Waals surface area contributed by atoms with Gasteiger partial charge in [0.05, 0.1) is 5.84 Å². The third-order valence-corrected chi connectivity index (χ3v) is 3.57. The molecule has 1 heterocycles. The van der Waals surface area contributed by atoms with Crippen LogP contribution in [0.15, 0.2) is 0 Å². The first-order valence-corrected chi connectivity index (χ1v) is 6.78. The molecule has 1 aromatic heterocycles. The van der Waals surface area contributed by atoms with Crippen LogP contribution in [0.1, 0.15) is 44.9 Å². The molecule has 0 aliphatic heterocycles. The fourth-order valence-corrected chi connectivity index (χ4v) is 2.55. The lowest BCUT2D eigenvalue weighted by atomic mass is 10.2. The summed E-state index contributed by atoms with van der Waals surface area (Å²) in [6.07, 6.45) is 3.04. The van der Waals surface area contributed by atoms with Crippen LogP contribution in [-0.2, 0) is 0 Å². The Hall–Kier alpha value is -1.17. The Balaban J connectivity index is 2.06. The number of hydrogen-bond acceptors (Lipinski definition) is 5. The molecule has 1 aliphatic rings. The highest BCUT2D eigenvalue weighted by Crippen LogP contribution is 2.33. The maximum atomic E-state index is 7.30. The highest BCUT2D eigenvalue weighted by atomic mass is 32.1. The van der Waals surface area contributed by atoms with Gasteiger partial charge in [0.1, 0.15) is 5.82 Å². The summed E-state index contributed by atoms with van der Waals surface area (Å²) in [6, 6.07) is 0.585. The Kier molecular flexibility index (Phi) is 3.61. The lowest BCUT2D eigenvalue weighted by Crippen LogP contribution is -2.29. The first kappa shape index (κ1) is 12.3. The van der Waals surface area contributed by atoms with Crippen molar-refractivity contribution in [2.75, 3.05) is 11.4 Å². The predicted molar refractivity (Wildman–Crippen MR) is 70.9 cm³/mol. The van der Waals surface area contributed by atoms with Crippen LogP contribution in [0.5, 0.6) is 0 Å². The molecule has 2 rings (SSSR count). The molecule has 1 fully saturated rings. The average Bonchev–Trinajstić information content (AvgIpc) is 2.95. The van der Waals surface area contributed by atoms with Gasteiger partial charge in [-0.2, -0.15) is 4.37 Å². The molecule has 6 heteroatoms. The molecule has 1 saturated carbocycles. The number of anilines is 1. The topological polar surface area (TPSA) is 78.9 Å². The van der Waals surface area contributed by atoms with E-state index in [1.165, 1.54) is 24.4 Å². The molecule has 1 aromatic rings.